The second kappa shape index (κ2) is 9.05. The molecular weight excluding hydrogens is 462 g/mol. The van der Waals surface area contributed by atoms with Crippen LogP contribution in [0.5, 0.6) is 5.75 Å². The highest BCUT2D eigenvalue weighted by Crippen LogP contribution is 2.54. The van der Waals surface area contributed by atoms with Crippen molar-refractivity contribution < 1.29 is 29.7 Å². The first kappa shape index (κ1) is 25.9. The number of phenols is 1. The summed E-state index contributed by atoms with van der Waals surface area (Å²) in [6.45, 7) is 6.83. The number of amides is 1. The minimum absolute atomic E-state index is 0.0962. The van der Waals surface area contributed by atoms with Crippen molar-refractivity contribution in [3.05, 3.63) is 45.2 Å². The van der Waals surface area contributed by atoms with Crippen LogP contribution in [0, 0.1) is 17.8 Å². The fraction of sp³-hybridized carbons (Fsp3) is 0.519. The van der Waals surface area contributed by atoms with Crippen molar-refractivity contribution >= 4 is 23.2 Å². The predicted molar refractivity (Wildman–Crippen MR) is 135 cm³/mol. The van der Waals surface area contributed by atoms with E-state index in [4.69, 9.17) is 5.73 Å². The van der Waals surface area contributed by atoms with Gasteiger partial charge in [-0.3, -0.25) is 14.4 Å². The number of hydrogen-bond donors (Lipinski definition) is 5. The maximum atomic E-state index is 14.0. The largest absolute Gasteiger partial charge is 0.508 e. The van der Waals surface area contributed by atoms with Gasteiger partial charge in [-0.2, -0.15) is 0 Å². The molecule has 3 aliphatic carbocycles. The Morgan fingerprint density at radius 1 is 1.25 bits per heavy atom. The van der Waals surface area contributed by atoms with E-state index in [2.05, 4.69) is 19.2 Å². The lowest BCUT2D eigenvalue weighted by Gasteiger charge is -2.48. The molecule has 194 valence electrons. The average Bonchev–Trinajstić information content (AvgIpc) is 2.77. The molecule has 0 heterocycles. The Balaban J connectivity index is 1.88. The Bertz CT molecular complexity index is 1230. The number of carbonyl (C=O) groups excluding carboxylic acids is 3. The summed E-state index contributed by atoms with van der Waals surface area (Å²) in [5, 5.41) is 37.0. The minimum Gasteiger partial charge on any atom is -0.508 e. The van der Waals surface area contributed by atoms with Crippen LogP contribution in [0.1, 0.15) is 55.1 Å². The molecule has 9 nitrogen and oxygen atoms in total. The van der Waals surface area contributed by atoms with Gasteiger partial charge >= 0.3 is 0 Å². The zero-order chi connectivity index (χ0) is 26.7. The quantitative estimate of drug-likeness (QED) is 0.374. The van der Waals surface area contributed by atoms with Gasteiger partial charge in [0.15, 0.2) is 11.6 Å². The number of Topliss-reactive ketones (excluding diaryl/α,β-unsaturated/α-hetero) is 2. The Morgan fingerprint density at radius 2 is 1.92 bits per heavy atom. The van der Waals surface area contributed by atoms with Crippen LogP contribution in [-0.4, -0.2) is 59.0 Å². The van der Waals surface area contributed by atoms with Gasteiger partial charge in [0.05, 0.1) is 5.56 Å². The van der Waals surface area contributed by atoms with Crippen molar-refractivity contribution in [1.29, 1.82) is 0 Å². The summed E-state index contributed by atoms with van der Waals surface area (Å²) in [6, 6.07) is 1.90. The molecule has 9 heteroatoms. The summed E-state index contributed by atoms with van der Waals surface area (Å²) in [7, 11) is 3.76. The monoisotopic (exact) mass is 497 g/mol. The molecule has 3 aliphatic rings. The number of carbonyl (C=O) groups is 3. The van der Waals surface area contributed by atoms with E-state index in [1.54, 1.807) is 6.92 Å². The van der Waals surface area contributed by atoms with Crippen LogP contribution in [0.4, 0.5) is 5.69 Å². The number of nitrogens with two attached hydrogens (primary N) is 1. The number of aliphatic hydroxyl groups excluding tert-OH is 1. The van der Waals surface area contributed by atoms with E-state index in [1.165, 1.54) is 0 Å². The van der Waals surface area contributed by atoms with E-state index < -0.39 is 40.3 Å². The number of anilines is 1. The molecule has 6 N–H and O–H groups in total. The second-order valence-corrected chi connectivity index (χ2v) is 10.9. The highest BCUT2D eigenvalue weighted by Gasteiger charge is 2.56. The Kier molecular flexibility index (Phi) is 6.51. The molecule has 0 fully saturated rings. The average molecular weight is 498 g/mol. The lowest BCUT2D eigenvalue weighted by atomic mass is 9.58. The molecule has 1 amide bonds. The van der Waals surface area contributed by atoms with Crippen LogP contribution in [0.25, 0.3) is 0 Å². The molecule has 1 aromatic carbocycles. The summed E-state index contributed by atoms with van der Waals surface area (Å²) < 4.78 is 0. The summed E-state index contributed by atoms with van der Waals surface area (Å²) in [4.78, 5) is 40.3. The molecule has 36 heavy (non-hydrogen) atoms. The van der Waals surface area contributed by atoms with Gasteiger partial charge in [0.25, 0.3) is 5.91 Å². The van der Waals surface area contributed by atoms with Crippen molar-refractivity contribution in [2.45, 2.75) is 52.2 Å². The second-order valence-electron chi connectivity index (χ2n) is 10.9. The first-order chi connectivity index (χ1) is 16.8. The van der Waals surface area contributed by atoms with Gasteiger partial charge in [-0.05, 0) is 55.3 Å². The van der Waals surface area contributed by atoms with Gasteiger partial charge in [-0.1, -0.05) is 13.8 Å². The first-order valence-electron chi connectivity index (χ1n) is 12.3. The highest BCUT2D eigenvalue weighted by atomic mass is 16.3. The Labute approximate surface area is 210 Å². The normalized spacial score (nSPS) is 25.6. The molecule has 0 saturated carbocycles. The zero-order valence-corrected chi connectivity index (χ0v) is 21.4. The number of ketones is 2. The van der Waals surface area contributed by atoms with Gasteiger partial charge in [0, 0.05) is 49.8 Å². The van der Waals surface area contributed by atoms with Crippen LogP contribution in [0.3, 0.4) is 0 Å². The molecule has 1 unspecified atom stereocenters. The number of allylic oxidation sites excluding steroid dienone is 1. The van der Waals surface area contributed by atoms with Gasteiger partial charge < -0.3 is 31.3 Å². The number of aliphatic hydroxyl groups is 2. The molecule has 1 aromatic rings. The molecule has 3 atom stereocenters. The summed E-state index contributed by atoms with van der Waals surface area (Å²) >= 11 is 0. The van der Waals surface area contributed by atoms with E-state index in [-0.39, 0.29) is 35.6 Å². The van der Waals surface area contributed by atoms with Crippen molar-refractivity contribution in [3.8, 4) is 5.75 Å². The van der Waals surface area contributed by atoms with Crippen molar-refractivity contribution in [2.24, 2.45) is 23.5 Å². The third-order valence-corrected chi connectivity index (χ3v) is 7.83. The number of benzene rings is 1. The van der Waals surface area contributed by atoms with Crippen LogP contribution < -0.4 is 16.0 Å². The number of hydrogen-bond acceptors (Lipinski definition) is 8. The van der Waals surface area contributed by atoms with E-state index in [9.17, 15) is 29.7 Å². The van der Waals surface area contributed by atoms with Crippen LogP contribution in [0.2, 0.25) is 0 Å². The van der Waals surface area contributed by atoms with Crippen LogP contribution >= 0.6 is 0 Å². The molecule has 0 aliphatic heterocycles. The fourth-order valence-corrected chi connectivity index (χ4v) is 6.11. The van der Waals surface area contributed by atoms with Crippen molar-refractivity contribution in [2.75, 3.05) is 25.5 Å². The minimum atomic E-state index is -2.05. The SMILES string of the molecule is CC1=C2C(=O)c3c(O)c(CNCC(C)C)cc(N(C)C)c3C[C@H]2CC2CC(=O)C(C(N)=O)=C(O)[C@@]12O. The number of rotatable bonds is 6. The van der Waals surface area contributed by atoms with E-state index in [1.807, 2.05) is 25.1 Å². The molecule has 0 bridgehead atoms. The maximum absolute atomic E-state index is 14.0. The third-order valence-electron chi connectivity index (χ3n) is 7.83. The van der Waals surface area contributed by atoms with Gasteiger partial charge in [-0.25, -0.2) is 0 Å². The number of nitrogens with one attached hydrogen (secondary N) is 1. The van der Waals surface area contributed by atoms with Crippen molar-refractivity contribution in [3.63, 3.8) is 0 Å². The molecule has 0 radical (unpaired) electrons. The molecular formula is C27H35N3O6. The lowest BCUT2D eigenvalue weighted by molar-refractivity contribution is -0.126. The van der Waals surface area contributed by atoms with Gasteiger partial charge in [0.2, 0.25) is 0 Å². The first-order valence-corrected chi connectivity index (χ1v) is 12.3. The summed E-state index contributed by atoms with van der Waals surface area (Å²) in [5.74, 6) is -3.62. The Morgan fingerprint density at radius 3 is 2.50 bits per heavy atom. The molecule has 0 spiro atoms. The van der Waals surface area contributed by atoms with E-state index in [0.29, 0.717) is 30.0 Å². The number of nitrogens with zero attached hydrogens (tertiary/aromatic N) is 1. The standard InChI is InChI=1S/C27H35N3O6/c1-12(2)10-29-11-15-8-18(30(4)5)17-7-14-6-16-9-19(31)22(26(28)35)25(34)27(16,36)13(3)20(14)24(33)21(17)23(15)32/h8,12,14,16,29,32,34,36H,6-7,9-11H2,1-5H3,(H2,28,35)/t14-,16?,27-/m1/s1. The van der Waals surface area contributed by atoms with E-state index >= 15 is 0 Å². The highest BCUT2D eigenvalue weighted by molar-refractivity contribution is 6.20. The Hall–Kier alpha value is -3.17. The van der Waals surface area contributed by atoms with Crippen molar-refractivity contribution in [1.82, 2.24) is 5.32 Å². The zero-order valence-electron chi connectivity index (χ0n) is 21.4. The van der Waals surface area contributed by atoms with Crippen LogP contribution in [0.15, 0.2) is 28.5 Å². The number of phenolic OH excluding ortho intramolecular Hbond substituents is 1. The molecule has 4 rings (SSSR count). The smallest absolute Gasteiger partial charge is 0.255 e. The maximum Gasteiger partial charge on any atom is 0.255 e. The van der Waals surface area contributed by atoms with E-state index in [0.717, 1.165) is 17.8 Å². The number of aromatic hydroxyl groups is 1. The third kappa shape index (κ3) is 3.81. The van der Waals surface area contributed by atoms with Crippen LogP contribution in [-0.2, 0) is 22.6 Å². The summed E-state index contributed by atoms with van der Waals surface area (Å²) in [5.41, 5.74) is 5.49. The lowest BCUT2D eigenvalue weighted by Crippen LogP contribution is -2.53. The van der Waals surface area contributed by atoms with Gasteiger partial charge in [0.1, 0.15) is 22.7 Å². The number of fused-ring (bicyclic) bond motifs is 3. The predicted octanol–water partition coefficient (Wildman–Crippen LogP) is 1.90. The molecule has 0 aromatic heterocycles. The topological polar surface area (TPSA) is 153 Å². The summed E-state index contributed by atoms with van der Waals surface area (Å²) in [6.07, 6.45) is 0.539. The van der Waals surface area contributed by atoms with Gasteiger partial charge in [-0.15, -0.1) is 0 Å². The molecule has 0 saturated heterocycles. The number of primary amides is 1. The fourth-order valence-electron chi connectivity index (χ4n) is 6.11.